The van der Waals surface area contributed by atoms with Crippen LogP contribution in [0.2, 0.25) is 5.02 Å². The van der Waals surface area contributed by atoms with Crippen molar-refractivity contribution in [1.29, 1.82) is 0 Å². The predicted molar refractivity (Wildman–Crippen MR) is 114 cm³/mol. The maximum absolute atomic E-state index is 12.8. The molecule has 2 aromatic heterocycles. The molecule has 1 atom stereocenters. The molecule has 2 aromatic carbocycles. The summed E-state index contributed by atoms with van der Waals surface area (Å²) in [7, 11) is 0. The number of nitrogens with zero attached hydrogens (tertiary/aromatic N) is 5. The van der Waals surface area contributed by atoms with E-state index in [1.54, 1.807) is 53.2 Å². The zero-order valence-corrected chi connectivity index (χ0v) is 17.2. The molecule has 0 saturated heterocycles. The van der Waals surface area contributed by atoms with E-state index < -0.39 is 17.9 Å². The Labute approximate surface area is 186 Å². The van der Waals surface area contributed by atoms with Gasteiger partial charge in [0.2, 0.25) is 5.88 Å². The topological polar surface area (TPSA) is 135 Å². The normalized spacial score (nSPS) is 11.8. The Morgan fingerprint density at radius 2 is 1.88 bits per heavy atom. The molecule has 0 bridgehead atoms. The molecule has 1 amide bonds. The van der Waals surface area contributed by atoms with Crippen molar-refractivity contribution in [1.82, 2.24) is 29.9 Å². The molecule has 0 aliphatic rings. The first kappa shape index (κ1) is 21.1. The van der Waals surface area contributed by atoms with Crippen LogP contribution in [-0.4, -0.2) is 46.6 Å². The third kappa shape index (κ3) is 4.44. The fourth-order valence-electron chi connectivity index (χ4n) is 3.14. The number of halogens is 1. The van der Waals surface area contributed by atoms with E-state index in [9.17, 15) is 19.8 Å². The number of carboxylic acid groups (broad SMARTS) is 1. The minimum atomic E-state index is -1.08. The van der Waals surface area contributed by atoms with Gasteiger partial charge in [0.1, 0.15) is 12.7 Å². The third-order valence-electron chi connectivity index (χ3n) is 4.67. The number of aromatic nitrogens is 5. The lowest BCUT2D eigenvalue weighted by atomic mass is 10.0. The van der Waals surface area contributed by atoms with Crippen molar-refractivity contribution >= 4 is 23.5 Å². The molecule has 0 aliphatic heterocycles. The number of carbonyl (C=O) groups is 2. The lowest BCUT2D eigenvalue weighted by Gasteiger charge is -2.17. The van der Waals surface area contributed by atoms with E-state index in [-0.39, 0.29) is 18.0 Å². The average Bonchev–Trinajstić information content (AvgIpc) is 3.44. The summed E-state index contributed by atoms with van der Waals surface area (Å²) in [5.74, 6) is -2.01. The third-order valence-corrected chi connectivity index (χ3v) is 4.99. The Balaban J connectivity index is 1.57. The Bertz CT molecular complexity index is 1250. The van der Waals surface area contributed by atoms with Gasteiger partial charge in [-0.2, -0.15) is 14.9 Å². The number of amides is 1. The number of aromatic hydroxyl groups is 1. The number of para-hydroxylation sites is 1. The highest BCUT2D eigenvalue weighted by molar-refractivity contribution is 6.32. The van der Waals surface area contributed by atoms with E-state index in [4.69, 9.17) is 11.6 Å². The van der Waals surface area contributed by atoms with E-state index in [0.29, 0.717) is 16.3 Å². The second-order valence-corrected chi connectivity index (χ2v) is 7.21. The highest BCUT2D eigenvalue weighted by Gasteiger charge is 2.22. The number of benzene rings is 2. The van der Waals surface area contributed by atoms with Gasteiger partial charge in [0.25, 0.3) is 5.91 Å². The van der Waals surface area contributed by atoms with Crippen molar-refractivity contribution in [3.63, 3.8) is 0 Å². The monoisotopic (exact) mass is 452 g/mol. The minimum Gasteiger partial charge on any atom is -0.493 e. The Morgan fingerprint density at radius 1 is 1.12 bits per heavy atom. The summed E-state index contributed by atoms with van der Waals surface area (Å²) in [6, 6.07) is 14.0. The minimum absolute atomic E-state index is 0.0861. The van der Waals surface area contributed by atoms with Crippen LogP contribution in [0.1, 0.15) is 28.5 Å². The van der Waals surface area contributed by atoms with Crippen LogP contribution in [0, 0.1) is 0 Å². The first-order valence-corrected chi connectivity index (χ1v) is 9.81. The first-order valence-electron chi connectivity index (χ1n) is 9.44. The van der Waals surface area contributed by atoms with Crippen molar-refractivity contribution in [2.24, 2.45) is 0 Å². The van der Waals surface area contributed by atoms with Crippen LogP contribution >= 0.6 is 11.6 Å². The summed E-state index contributed by atoms with van der Waals surface area (Å²) in [6.07, 6.45) is 2.59. The second-order valence-electron chi connectivity index (χ2n) is 6.81. The smallest absolute Gasteiger partial charge is 0.305 e. The van der Waals surface area contributed by atoms with E-state index in [1.807, 2.05) is 0 Å². The zero-order chi connectivity index (χ0) is 22.7. The lowest BCUT2D eigenvalue weighted by molar-refractivity contribution is -0.137. The largest absolute Gasteiger partial charge is 0.493 e. The van der Waals surface area contributed by atoms with Crippen LogP contribution in [0.3, 0.4) is 0 Å². The number of carboxylic acids is 1. The molecule has 10 nitrogen and oxygen atoms in total. The second kappa shape index (κ2) is 8.90. The molecule has 32 heavy (non-hydrogen) atoms. The average molecular weight is 453 g/mol. The van der Waals surface area contributed by atoms with E-state index >= 15 is 0 Å². The SMILES string of the molecule is O=C(O)CC(NC(=O)c1cc(O)n(-c2ccccc2Cl)n1)c1ccc(-n2cncn2)cc1. The molecule has 0 aliphatic carbocycles. The molecule has 1 unspecified atom stereocenters. The number of carbonyl (C=O) groups excluding carboxylic acids is 1. The highest BCUT2D eigenvalue weighted by Crippen LogP contribution is 2.25. The van der Waals surface area contributed by atoms with Gasteiger partial charge >= 0.3 is 5.97 Å². The molecular formula is C21H17ClN6O4. The molecule has 0 spiro atoms. The molecule has 3 N–H and O–H groups in total. The molecular weight excluding hydrogens is 436 g/mol. The van der Waals surface area contributed by atoms with Crippen LogP contribution in [0.25, 0.3) is 11.4 Å². The van der Waals surface area contributed by atoms with Gasteiger partial charge in [-0.05, 0) is 29.8 Å². The van der Waals surface area contributed by atoms with Crippen LogP contribution in [-0.2, 0) is 4.79 Å². The summed E-state index contributed by atoms with van der Waals surface area (Å²) >= 11 is 6.14. The fraction of sp³-hybridized carbons (Fsp3) is 0.0952. The van der Waals surface area contributed by atoms with Gasteiger partial charge < -0.3 is 15.5 Å². The fourth-order valence-corrected chi connectivity index (χ4v) is 3.36. The van der Waals surface area contributed by atoms with Gasteiger partial charge in [0, 0.05) is 6.07 Å². The summed E-state index contributed by atoms with van der Waals surface area (Å²) < 4.78 is 2.69. The molecule has 0 radical (unpaired) electrons. The summed E-state index contributed by atoms with van der Waals surface area (Å²) in [4.78, 5) is 28.1. The van der Waals surface area contributed by atoms with E-state index in [0.717, 1.165) is 10.4 Å². The van der Waals surface area contributed by atoms with Crippen molar-refractivity contribution in [2.45, 2.75) is 12.5 Å². The molecule has 2 heterocycles. The van der Waals surface area contributed by atoms with Gasteiger partial charge in [-0.1, -0.05) is 35.9 Å². The van der Waals surface area contributed by atoms with Gasteiger partial charge in [0.15, 0.2) is 5.69 Å². The Kier molecular flexibility index (Phi) is 5.86. The van der Waals surface area contributed by atoms with Crippen molar-refractivity contribution < 1.29 is 19.8 Å². The molecule has 4 rings (SSSR count). The number of nitrogens with one attached hydrogen (secondary N) is 1. The molecule has 11 heteroatoms. The molecule has 0 saturated carbocycles. The van der Waals surface area contributed by atoms with Gasteiger partial charge in [0.05, 0.1) is 28.9 Å². The number of hydrogen-bond donors (Lipinski definition) is 3. The van der Waals surface area contributed by atoms with Gasteiger partial charge in [-0.25, -0.2) is 9.67 Å². The predicted octanol–water partition coefficient (Wildman–Crippen LogP) is 2.76. The molecule has 162 valence electrons. The Morgan fingerprint density at radius 3 is 2.53 bits per heavy atom. The standard InChI is InChI=1S/C21H17ClN6O4/c22-15-3-1-2-4-18(15)28-19(29)9-17(26-28)21(32)25-16(10-20(30)31)13-5-7-14(8-6-13)27-12-23-11-24-27/h1-9,11-12,16,29H,10H2,(H,25,32)(H,30,31). The molecule has 0 fully saturated rings. The van der Waals surface area contributed by atoms with Gasteiger partial charge in [-0.15, -0.1) is 0 Å². The van der Waals surface area contributed by atoms with Crippen molar-refractivity contribution in [3.05, 3.63) is 83.5 Å². The molecule has 4 aromatic rings. The van der Waals surface area contributed by atoms with Gasteiger partial charge in [-0.3, -0.25) is 9.59 Å². The summed E-state index contributed by atoms with van der Waals surface area (Å²) in [6.45, 7) is 0. The number of hydrogen-bond acceptors (Lipinski definition) is 6. The lowest BCUT2D eigenvalue weighted by Crippen LogP contribution is -2.30. The highest BCUT2D eigenvalue weighted by atomic mass is 35.5. The summed E-state index contributed by atoms with van der Waals surface area (Å²) in [5, 5.41) is 30.7. The quantitative estimate of drug-likeness (QED) is 0.392. The zero-order valence-electron chi connectivity index (χ0n) is 16.5. The van der Waals surface area contributed by atoms with E-state index in [1.165, 1.54) is 18.7 Å². The van der Waals surface area contributed by atoms with Crippen LogP contribution in [0.4, 0.5) is 0 Å². The summed E-state index contributed by atoms with van der Waals surface area (Å²) in [5.41, 5.74) is 1.63. The first-order chi connectivity index (χ1) is 15.4. The van der Waals surface area contributed by atoms with E-state index in [2.05, 4.69) is 20.5 Å². The van der Waals surface area contributed by atoms with Crippen LogP contribution < -0.4 is 5.32 Å². The number of rotatable bonds is 7. The van der Waals surface area contributed by atoms with Crippen molar-refractivity contribution in [3.8, 4) is 17.3 Å². The van der Waals surface area contributed by atoms with Crippen molar-refractivity contribution in [2.75, 3.05) is 0 Å². The number of aliphatic carboxylic acids is 1. The van der Waals surface area contributed by atoms with Crippen LogP contribution in [0.5, 0.6) is 5.88 Å². The van der Waals surface area contributed by atoms with Crippen LogP contribution in [0.15, 0.2) is 67.3 Å². The maximum Gasteiger partial charge on any atom is 0.305 e. The maximum atomic E-state index is 12.8. The Hall–Kier alpha value is -4.18.